The normalized spacial score (nSPS) is 16.8. The fourth-order valence-corrected chi connectivity index (χ4v) is 5.68. The number of aliphatic hydroxyl groups is 1. The number of thiophene rings is 1. The maximum atomic E-state index is 12.9. The van der Waals surface area contributed by atoms with Crippen LogP contribution in [0.1, 0.15) is 46.0 Å². The summed E-state index contributed by atoms with van der Waals surface area (Å²) in [5.74, 6) is 0.157. The van der Waals surface area contributed by atoms with E-state index in [0.29, 0.717) is 29.4 Å². The third-order valence-corrected chi connectivity index (χ3v) is 8.37. The molecule has 1 aromatic heterocycles. The zero-order chi connectivity index (χ0) is 24.1. The average Bonchev–Trinajstić information content (AvgIpc) is 3.39. The van der Waals surface area contributed by atoms with Gasteiger partial charge in [0.2, 0.25) is 0 Å². The van der Waals surface area contributed by atoms with Crippen LogP contribution >= 0.6 is 34.5 Å². The van der Waals surface area contributed by atoms with Crippen molar-refractivity contribution in [3.63, 3.8) is 0 Å². The van der Waals surface area contributed by atoms with Crippen LogP contribution in [-0.2, 0) is 5.60 Å². The molecule has 34 heavy (non-hydrogen) atoms. The molecule has 3 aromatic rings. The molecule has 1 unspecified atom stereocenters. The highest BCUT2D eigenvalue weighted by Gasteiger charge is 2.34. The molecule has 1 amide bonds. The molecule has 0 bridgehead atoms. The smallest absolute Gasteiger partial charge is 0.263 e. The number of amides is 1. The Morgan fingerprint density at radius 3 is 2.47 bits per heavy atom. The molecule has 1 aliphatic heterocycles. The van der Waals surface area contributed by atoms with Crippen LogP contribution in [-0.4, -0.2) is 54.0 Å². The van der Waals surface area contributed by atoms with Crippen molar-refractivity contribution in [2.24, 2.45) is 0 Å². The molecule has 1 saturated heterocycles. The van der Waals surface area contributed by atoms with Crippen LogP contribution in [0.5, 0.6) is 0 Å². The van der Waals surface area contributed by atoms with Crippen LogP contribution in [0.15, 0.2) is 66.0 Å². The van der Waals surface area contributed by atoms with Crippen molar-refractivity contribution in [2.45, 2.75) is 30.8 Å². The van der Waals surface area contributed by atoms with E-state index in [1.807, 2.05) is 73.1 Å². The minimum atomic E-state index is -0.756. The molecule has 4 rings (SSSR count). The molecular formula is C27H30Cl2N2O2S. The number of piperidine rings is 1. The van der Waals surface area contributed by atoms with Crippen LogP contribution < -0.4 is 0 Å². The van der Waals surface area contributed by atoms with Gasteiger partial charge in [-0.2, -0.15) is 0 Å². The maximum Gasteiger partial charge on any atom is 0.263 e. The molecule has 0 radical (unpaired) electrons. The van der Waals surface area contributed by atoms with Crippen molar-refractivity contribution in [1.82, 2.24) is 9.80 Å². The molecule has 0 saturated carbocycles. The highest BCUT2D eigenvalue weighted by molar-refractivity contribution is 7.12. The van der Waals surface area contributed by atoms with Crippen LogP contribution in [0.4, 0.5) is 0 Å². The Balaban J connectivity index is 1.41. The van der Waals surface area contributed by atoms with E-state index in [4.69, 9.17) is 23.2 Å². The Hall–Kier alpha value is -1.89. The lowest BCUT2D eigenvalue weighted by molar-refractivity contribution is -0.0264. The van der Waals surface area contributed by atoms with Crippen molar-refractivity contribution < 1.29 is 9.90 Å². The minimum absolute atomic E-state index is 0.0333. The number of carbonyl (C=O) groups is 1. The molecule has 2 heterocycles. The van der Waals surface area contributed by atoms with Gasteiger partial charge in [-0.3, -0.25) is 4.79 Å². The summed E-state index contributed by atoms with van der Waals surface area (Å²) in [5.41, 5.74) is 1.32. The van der Waals surface area contributed by atoms with E-state index >= 15 is 0 Å². The van der Waals surface area contributed by atoms with Crippen molar-refractivity contribution >= 4 is 40.4 Å². The van der Waals surface area contributed by atoms with Crippen LogP contribution in [0, 0.1) is 0 Å². The first kappa shape index (κ1) is 25.2. The molecule has 1 aliphatic rings. The number of nitrogens with zero attached hydrogens (tertiary/aromatic N) is 2. The second kappa shape index (κ2) is 11.2. The summed E-state index contributed by atoms with van der Waals surface area (Å²) in [5, 5.41) is 14.1. The third-order valence-electron chi connectivity index (χ3n) is 6.78. The van der Waals surface area contributed by atoms with Gasteiger partial charge in [-0.05, 0) is 60.5 Å². The van der Waals surface area contributed by atoms with Gasteiger partial charge >= 0.3 is 0 Å². The Morgan fingerprint density at radius 1 is 1.09 bits per heavy atom. The standard InChI is InChI=1S/C27H30Cl2N2O2S/c1-30(26(32)25-8-5-17-34-25)19-21(20-9-10-23(28)24(29)18-20)11-14-31-15-12-27(33,13-16-31)22-6-3-2-4-7-22/h2-10,17-18,21,33H,11-16,19H2,1H3. The van der Waals surface area contributed by atoms with Gasteiger partial charge in [-0.15, -0.1) is 11.3 Å². The Morgan fingerprint density at radius 2 is 1.82 bits per heavy atom. The summed E-state index contributed by atoms with van der Waals surface area (Å²) < 4.78 is 0. The molecule has 4 nitrogen and oxygen atoms in total. The first-order valence-electron chi connectivity index (χ1n) is 11.6. The molecule has 1 fully saturated rings. The maximum absolute atomic E-state index is 12.9. The van der Waals surface area contributed by atoms with Gasteiger partial charge in [0.25, 0.3) is 5.91 Å². The molecular weight excluding hydrogens is 487 g/mol. The zero-order valence-corrected chi connectivity index (χ0v) is 21.6. The van der Waals surface area contributed by atoms with E-state index < -0.39 is 5.60 Å². The number of likely N-dealkylation sites (tertiary alicyclic amines) is 1. The number of rotatable bonds is 8. The second-order valence-corrected chi connectivity index (χ2v) is 10.8. The van der Waals surface area contributed by atoms with Gasteiger partial charge in [0.15, 0.2) is 0 Å². The van der Waals surface area contributed by atoms with Crippen molar-refractivity contribution in [1.29, 1.82) is 0 Å². The van der Waals surface area contributed by atoms with Crippen LogP contribution in [0.2, 0.25) is 10.0 Å². The van der Waals surface area contributed by atoms with Crippen LogP contribution in [0.3, 0.4) is 0 Å². The van der Waals surface area contributed by atoms with Gasteiger partial charge < -0.3 is 14.9 Å². The predicted octanol–water partition coefficient (Wildman–Crippen LogP) is 6.28. The van der Waals surface area contributed by atoms with E-state index in [9.17, 15) is 9.90 Å². The van der Waals surface area contributed by atoms with Gasteiger partial charge in [0, 0.05) is 32.6 Å². The molecule has 1 atom stereocenters. The first-order chi connectivity index (χ1) is 16.4. The molecule has 1 N–H and O–H groups in total. The largest absolute Gasteiger partial charge is 0.385 e. The lowest BCUT2D eigenvalue weighted by Crippen LogP contribution is -2.43. The monoisotopic (exact) mass is 516 g/mol. The van der Waals surface area contributed by atoms with E-state index in [2.05, 4.69) is 4.90 Å². The zero-order valence-electron chi connectivity index (χ0n) is 19.3. The molecule has 0 aliphatic carbocycles. The minimum Gasteiger partial charge on any atom is -0.385 e. The predicted molar refractivity (Wildman–Crippen MR) is 141 cm³/mol. The fraction of sp³-hybridized carbons (Fsp3) is 0.370. The highest BCUT2D eigenvalue weighted by Crippen LogP contribution is 2.34. The lowest BCUT2D eigenvalue weighted by atomic mass is 9.84. The number of carbonyl (C=O) groups excluding carboxylic acids is 1. The van der Waals surface area contributed by atoms with Gasteiger partial charge in [-0.1, -0.05) is 65.7 Å². The number of halogens is 2. The van der Waals surface area contributed by atoms with Crippen molar-refractivity contribution in [2.75, 3.05) is 33.2 Å². The van der Waals surface area contributed by atoms with E-state index in [0.717, 1.165) is 42.1 Å². The number of hydrogen-bond acceptors (Lipinski definition) is 4. The Bertz CT molecular complexity index is 1080. The van der Waals surface area contributed by atoms with Crippen molar-refractivity contribution in [3.05, 3.63) is 92.1 Å². The summed E-state index contributed by atoms with van der Waals surface area (Å²) in [6.45, 7) is 3.15. The van der Waals surface area contributed by atoms with Crippen molar-refractivity contribution in [3.8, 4) is 0 Å². The molecule has 0 spiro atoms. The van der Waals surface area contributed by atoms with E-state index in [-0.39, 0.29) is 11.8 Å². The number of likely N-dealkylation sites (N-methyl/N-ethyl adjacent to an activating group) is 1. The van der Waals surface area contributed by atoms with E-state index in [1.54, 1.807) is 4.90 Å². The fourth-order valence-electron chi connectivity index (χ4n) is 4.65. The summed E-state index contributed by atoms with van der Waals surface area (Å²) in [7, 11) is 1.85. The summed E-state index contributed by atoms with van der Waals surface area (Å²) in [6, 6.07) is 19.5. The second-order valence-electron chi connectivity index (χ2n) is 9.06. The SMILES string of the molecule is CN(CC(CCN1CCC(O)(c2ccccc2)CC1)c1ccc(Cl)c(Cl)c1)C(=O)c1cccs1. The first-order valence-corrected chi connectivity index (χ1v) is 13.2. The molecule has 180 valence electrons. The molecule has 2 aromatic carbocycles. The van der Waals surface area contributed by atoms with Gasteiger partial charge in [0.05, 0.1) is 20.5 Å². The van der Waals surface area contributed by atoms with Gasteiger partial charge in [0.1, 0.15) is 0 Å². The number of benzene rings is 2. The summed E-state index contributed by atoms with van der Waals surface area (Å²) in [6.07, 6.45) is 2.31. The van der Waals surface area contributed by atoms with E-state index in [1.165, 1.54) is 11.3 Å². The third kappa shape index (κ3) is 6.02. The highest BCUT2D eigenvalue weighted by atomic mass is 35.5. The van der Waals surface area contributed by atoms with Gasteiger partial charge in [-0.25, -0.2) is 0 Å². The summed E-state index contributed by atoms with van der Waals surface area (Å²) >= 11 is 13.9. The summed E-state index contributed by atoms with van der Waals surface area (Å²) in [4.78, 5) is 17.8. The quantitative estimate of drug-likeness (QED) is 0.382. The topological polar surface area (TPSA) is 43.8 Å². The van der Waals surface area contributed by atoms with Crippen LogP contribution in [0.25, 0.3) is 0 Å². The molecule has 7 heteroatoms. The Labute approximate surface area is 215 Å². The number of hydrogen-bond donors (Lipinski definition) is 1. The lowest BCUT2D eigenvalue weighted by Gasteiger charge is -2.39. The average molecular weight is 518 g/mol. The Kier molecular flexibility index (Phi) is 8.33.